The lowest BCUT2D eigenvalue weighted by Gasteiger charge is -2.37. The number of carbonyl (C=O) groups excluding carboxylic acids is 1. The molecule has 1 aromatic carbocycles. The van der Waals surface area contributed by atoms with Crippen LogP contribution in [0.5, 0.6) is 0 Å². The molecule has 1 aromatic rings. The van der Waals surface area contributed by atoms with Crippen LogP contribution in [0.25, 0.3) is 0 Å². The number of hydrogen-bond donors (Lipinski definition) is 1. The Labute approximate surface area is 124 Å². The number of nitrogens with zero attached hydrogens (tertiary/aromatic N) is 2. The minimum absolute atomic E-state index is 0.0181. The Bertz CT molecular complexity index is 558. The molecule has 0 aromatic heterocycles. The fourth-order valence-electron chi connectivity index (χ4n) is 3.21. The number of hydrogen-bond acceptors (Lipinski definition) is 2. The van der Waals surface area contributed by atoms with Crippen LogP contribution in [0.2, 0.25) is 0 Å². The van der Waals surface area contributed by atoms with Gasteiger partial charge in [0.15, 0.2) is 0 Å². The molecule has 3 rings (SSSR count). The first-order chi connectivity index (χ1) is 10.1. The van der Waals surface area contributed by atoms with Gasteiger partial charge in [-0.2, -0.15) is 0 Å². The van der Waals surface area contributed by atoms with E-state index in [0.29, 0.717) is 32.6 Å². The van der Waals surface area contributed by atoms with E-state index < -0.39 is 11.9 Å². The number of urea groups is 1. The summed E-state index contributed by atoms with van der Waals surface area (Å²) in [6.07, 6.45) is 2.31. The van der Waals surface area contributed by atoms with E-state index in [1.165, 1.54) is 11.1 Å². The molecular formula is C16H20N2O3. The minimum Gasteiger partial charge on any atom is -0.481 e. The maximum atomic E-state index is 12.6. The van der Waals surface area contributed by atoms with Crippen molar-refractivity contribution < 1.29 is 14.7 Å². The lowest BCUT2D eigenvalue weighted by atomic mass is 9.98. The van der Waals surface area contributed by atoms with Crippen molar-refractivity contribution in [1.29, 1.82) is 0 Å². The first kappa shape index (κ1) is 13.9. The molecule has 2 aliphatic rings. The first-order valence-electron chi connectivity index (χ1n) is 7.48. The van der Waals surface area contributed by atoms with E-state index in [0.717, 1.165) is 12.8 Å². The van der Waals surface area contributed by atoms with Crippen LogP contribution in [0.1, 0.15) is 24.0 Å². The van der Waals surface area contributed by atoms with Crippen molar-refractivity contribution in [3.63, 3.8) is 0 Å². The standard InChI is InChI=1S/C16H20N2O3/c19-15(20)14-6-3-8-17(11-14)16(21)18-9-7-12-4-1-2-5-13(12)10-18/h1-2,4-5,14H,3,6-11H2,(H,19,20). The molecule has 2 aliphatic heterocycles. The van der Waals surface area contributed by atoms with Gasteiger partial charge < -0.3 is 14.9 Å². The Morgan fingerprint density at radius 3 is 2.62 bits per heavy atom. The van der Waals surface area contributed by atoms with Gasteiger partial charge in [0.2, 0.25) is 0 Å². The molecule has 5 nitrogen and oxygen atoms in total. The van der Waals surface area contributed by atoms with E-state index in [9.17, 15) is 9.59 Å². The van der Waals surface area contributed by atoms with Gasteiger partial charge in [0.05, 0.1) is 5.92 Å². The molecule has 21 heavy (non-hydrogen) atoms. The lowest BCUT2D eigenvalue weighted by molar-refractivity contribution is -0.143. The van der Waals surface area contributed by atoms with E-state index in [4.69, 9.17) is 5.11 Å². The monoisotopic (exact) mass is 288 g/mol. The second-order valence-corrected chi connectivity index (χ2v) is 5.85. The summed E-state index contributed by atoms with van der Waals surface area (Å²) in [4.78, 5) is 27.2. The SMILES string of the molecule is O=C(O)C1CCCN(C(=O)N2CCc3ccccc3C2)C1. The third kappa shape index (κ3) is 2.86. The molecule has 0 bridgehead atoms. The Hall–Kier alpha value is -2.04. The predicted molar refractivity (Wildman–Crippen MR) is 77.9 cm³/mol. The summed E-state index contributed by atoms with van der Waals surface area (Å²) in [6.45, 7) is 2.35. The molecule has 112 valence electrons. The average Bonchev–Trinajstić information content (AvgIpc) is 2.53. The molecule has 0 radical (unpaired) electrons. The number of aliphatic carboxylic acids is 1. The van der Waals surface area contributed by atoms with Gasteiger partial charge in [0, 0.05) is 26.2 Å². The maximum Gasteiger partial charge on any atom is 0.320 e. The van der Waals surface area contributed by atoms with E-state index in [1.54, 1.807) is 4.90 Å². The molecular weight excluding hydrogens is 268 g/mol. The fraction of sp³-hybridized carbons (Fsp3) is 0.500. The third-order valence-electron chi connectivity index (χ3n) is 4.44. The van der Waals surface area contributed by atoms with Crippen molar-refractivity contribution in [3.05, 3.63) is 35.4 Å². The number of carboxylic acid groups (broad SMARTS) is 1. The van der Waals surface area contributed by atoms with Crippen molar-refractivity contribution >= 4 is 12.0 Å². The number of piperidine rings is 1. The summed E-state index contributed by atoms with van der Waals surface area (Å²) < 4.78 is 0. The van der Waals surface area contributed by atoms with Crippen LogP contribution < -0.4 is 0 Å². The number of benzene rings is 1. The van der Waals surface area contributed by atoms with Crippen molar-refractivity contribution in [2.45, 2.75) is 25.8 Å². The van der Waals surface area contributed by atoms with Gasteiger partial charge in [-0.25, -0.2) is 4.79 Å². The van der Waals surface area contributed by atoms with Crippen molar-refractivity contribution in [2.75, 3.05) is 19.6 Å². The van der Waals surface area contributed by atoms with Gasteiger partial charge in [-0.1, -0.05) is 24.3 Å². The summed E-state index contributed by atoms with van der Waals surface area (Å²) in [7, 11) is 0. The van der Waals surface area contributed by atoms with E-state index in [1.807, 2.05) is 17.0 Å². The van der Waals surface area contributed by atoms with Gasteiger partial charge in [-0.3, -0.25) is 4.79 Å². The second-order valence-electron chi connectivity index (χ2n) is 5.85. The number of amides is 2. The number of likely N-dealkylation sites (tertiary alicyclic amines) is 1. The highest BCUT2D eigenvalue weighted by atomic mass is 16.4. The zero-order valence-corrected chi connectivity index (χ0v) is 12.0. The molecule has 2 heterocycles. The number of carboxylic acids is 1. The number of rotatable bonds is 1. The summed E-state index contributed by atoms with van der Waals surface area (Å²) in [5.74, 6) is -1.21. The topological polar surface area (TPSA) is 60.9 Å². The highest BCUT2D eigenvalue weighted by Crippen LogP contribution is 2.22. The molecule has 2 amide bonds. The summed E-state index contributed by atoms with van der Waals surface area (Å²) in [5, 5.41) is 9.13. The van der Waals surface area contributed by atoms with Crippen molar-refractivity contribution in [1.82, 2.24) is 9.80 Å². The molecule has 0 spiro atoms. The third-order valence-corrected chi connectivity index (χ3v) is 4.44. The van der Waals surface area contributed by atoms with Crippen LogP contribution >= 0.6 is 0 Å². The second kappa shape index (κ2) is 5.76. The van der Waals surface area contributed by atoms with Crippen LogP contribution in [0.3, 0.4) is 0 Å². The molecule has 1 fully saturated rings. The van der Waals surface area contributed by atoms with Crippen LogP contribution in [-0.2, 0) is 17.8 Å². The highest BCUT2D eigenvalue weighted by molar-refractivity contribution is 5.77. The number of fused-ring (bicyclic) bond motifs is 1. The van der Waals surface area contributed by atoms with Gasteiger partial charge >= 0.3 is 12.0 Å². The Morgan fingerprint density at radius 1 is 1.10 bits per heavy atom. The minimum atomic E-state index is -0.795. The van der Waals surface area contributed by atoms with Crippen molar-refractivity contribution in [3.8, 4) is 0 Å². The van der Waals surface area contributed by atoms with Gasteiger partial charge in [0.25, 0.3) is 0 Å². The van der Waals surface area contributed by atoms with Crippen LogP contribution in [0, 0.1) is 5.92 Å². The van der Waals surface area contributed by atoms with E-state index in [-0.39, 0.29) is 6.03 Å². The van der Waals surface area contributed by atoms with Gasteiger partial charge in [-0.15, -0.1) is 0 Å². The molecule has 1 N–H and O–H groups in total. The van der Waals surface area contributed by atoms with E-state index in [2.05, 4.69) is 12.1 Å². The first-order valence-corrected chi connectivity index (χ1v) is 7.48. The van der Waals surface area contributed by atoms with Gasteiger partial charge in [0.1, 0.15) is 0 Å². The van der Waals surface area contributed by atoms with Crippen LogP contribution in [-0.4, -0.2) is 46.5 Å². The molecule has 0 saturated carbocycles. The zero-order valence-electron chi connectivity index (χ0n) is 12.0. The smallest absolute Gasteiger partial charge is 0.320 e. The molecule has 1 unspecified atom stereocenters. The van der Waals surface area contributed by atoms with Crippen molar-refractivity contribution in [2.24, 2.45) is 5.92 Å². The Balaban J connectivity index is 1.67. The normalized spacial score (nSPS) is 21.8. The zero-order chi connectivity index (χ0) is 14.8. The fourth-order valence-corrected chi connectivity index (χ4v) is 3.21. The van der Waals surface area contributed by atoms with Crippen LogP contribution in [0.15, 0.2) is 24.3 Å². The van der Waals surface area contributed by atoms with Gasteiger partial charge in [-0.05, 0) is 30.4 Å². The molecule has 5 heteroatoms. The van der Waals surface area contributed by atoms with Crippen LogP contribution in [0.4, 0.5) is 4.79 Å². The average molecular weight is 288 g/mol. The summed E-state index contributed by atoms with van der Waals surface area (Å²) in [5.41, 5.74) is 2.51. The largest absolute Gasteiger partial charge is 0.481 e. The molecule has 1 atom stereocenters. The Morgan fingerprint density at radius 2 is 1.86 bits per heavy atom. The highest BCUT2D eigenvalue weighted by Gasteiger charge is 2.31. The number of carbonyl (C=O) groups is 2. The predicted octanol–water partition coefficient (Wildman–Crippen LogP) is 1.96. The molecule has 1 saturated heterocycles. The molecule has 0 aliphatic carbocycles. The van der Waals surface area contributed by atoms with E-state index >= 15 is 0 Å². The quantitative estimate of drug-likeness (QED) is 0.859. The summed E-state index contributed by atoms with van der Waals surface area (Å²) in [6, 6.07) is 8.17. The maximum absolute atomic E-state index is 12.6. The summed E-state index contributed by atoms with van der Waals surface area (Å²) >= 11 is 0. The Kier molecular flexibility index (Phi) is 3.82. The lowest BCUT2D eigenvalue weighted by Crippen LogP contribution is -2.49.